The van der Waals surface area contributed by atoms with Crippen LogP contribution >= 0.6 is 0 Å². The Balaban J connectivity index is 1.76. The molecule has 1 aromatic carbocycles. The number of aryl methyl sites for hydroxylation is 1. The maximum atomic E-state index is 13.6. The fourth-order valence-electron chi connectivity index (χ4n) is 5.11. The summed E-state index contributed by atoms with van der Waals surface area (Å²) in [5.41, 5.74) is 11.2. The number of aliphatic imine (C=N–C) groups is 1. The molecule has 45 heavy (non-hydrogen) atoms. The van der Waals surface area contributed by atoms with Crippen molar-refractivity contribution < 1.29 is 28.3 Å². The second kappa shape index (κ2) is 14.9. The number of benzene rings is 1. The number of nitrogens with zero attached hydrogens (tertiary/aromatic N) is 2. The summed E-state index contributed by atoms with van der Waals surface area (Å²) >= 11 is 0. The highest BCUT2D eigenvalue weighted by Gasteiger charge is 2.40. The summed E-state index contributed by atoms with van der Waals surface area (Å²) in [6, 6.07) is 3.81. The Labute approximate surface area is 262 Å². The highest BCUT2D eigenvalue weighted by atomic mass is 16.6. The van der Waals surface area contributed by atoms with Gasteiger partial charge in [-0.25, -0.2) is 9.59 Å². The van der Waals surface area contributed by atoms with E-state index >= 15 is 0 Å². The molecule has 1 aliphatic rings. The zero-order chi connectivity index (χ0) is 33.5. The highest BCUT2D eigenvalue weighted by molar-refractivity contribution is 6.02. The van der Waals surface area contributed by atoms with E-state index in [1.165, 1.54) is 11.0 Å². The number of imide groups is 1. The van der Waals surface area contributed by atoms with E-state index in [4.69, 9.17) is 20.6 Å². The number of alkyl carbamates (subject to hydrolysis) is 1. The van der Waals surface area contributed by atoms with E-state index in [1.54, 1.807) is 59.7 Å². The Kier molecular flexibility index (Phi) is 11.5. The summed E-state index contributed by atoms with van der Waals surface area (Å²) in [5, 5.41) is 8.97. The average Bonchev–Trinajstić information content (AvgIpc) is 3.42. The number of guanidine groups is 1. The summed E-state index contributed by atoms with van der Waals surface area (Å²) < 4.78 is 10.7. The van der Waals surface area contributed by atoms with Crippen molar-refractivity contribution in [1.29, 1.82) is 0 Å². The monoisotopic (exact) mass is 627 g/mol. The first kappa shape index (κ1) is 34.9. The van der Waals surface area contributed by atoms with Gasteiger partial charge in [0.05, 0.1) is 0 Å². The van der Waals surface area contributed by atoms with Crippen LogP contribution in [0.15, 0.2) is 38.5 Å². The van der Waals surface area contributed by atoms with Crippen molar-refractivity contribution in [2.45, 2.75) is 91.0 Å². The van der Waals surface area contributed by atoms with Crippen LogP contribution in [0.25, 0.3) is 11.0 Å². The van der Waals surface area contributed by atoms with Crippen molar-refractivity contribution in [3.63, 3.8) is 0 Å². The van der Waals surface area contributed by atoms with Crippen molar-refractivity contribution in [1.82, 2.24) is 15.5 Å². The predicted molar refractivity (Wildman–Crippen MR) is 170 cm³/mol. The van der Waals surface area contributed by atoms with Crippen LogP contribution in [0.1, 0.15) is 65.9 Å². The van der Waals surface area contributed by atoms with Gasteiger partial charge in [0.1, 0.15) is 29.3 Å². The number of rotatable bonds is 11. The molecule has 0 aliphatic carbocycles. The molecule has 246 valence electrons. The Morgan fingerprint density at radius 2 is 1.87 bits per heavy atom. The van der Waals surface area contributed by atoms with Gasteiger partial charge in [-0.15, -0.1) is 0 Å². The lowest BCUT2D eigenvalue weighted by Crippen LogP contribution is -2.56. The van der Waals surface area contributed by atoms with Crippen LogP contribution in [-0.2, 0) is 19.1 Å². The lowest BCUT2D eigenvalue weighted by Gasteiger charge is -2.31. The van der Waals surface area contributed by atoms with Crippen molar-refractivity contribution in [3.8, 4) is 0 Å². The third kappa shape index (κ3) is 9.95. The molecular formula is C31H45N7O7. The molecule has 7 N–H and O–H groups in total. The molecule has 4 amide bonds. The van der Waals surface area contributed by atoms with E-state index in [0.717, 1.165) is 10.9 Å². The number of hydrogen-bond acceptors (Lipinski definition) is 9. The number of fused-ring (bicyclic) bond motifs is 1. The number of amides is 4. The number of hydrogen-bond donors (Lipinski definition) is 5. The first-order chi connectivity index (χ1) is 21.1. The molecule has 0 spiro atoms. The zero-order valence-electron chi connectivity index (χ0n) is 26.8. The number of nitrogens with one attached hydrogen (secondary N) is 3. The SMILES string of the molecule is Cc1cc(=O)oc2cc(N[C@@H](CCCN=C(N)N)C(=O)NC(=O)[C@@H]3CCCN3C(=O)[C@@H](NC(=O)OC(C)(C)C)C(C)C)ccc12. The number of likely N-dealkylation sites (tertiary alicyclic amines) is 1. The van der Waals surface area contributed by atoms with Gasteiger partial charge in [0.2, 0.25) is 17.7 Å². The second-order valence-corrected chi connectivity index (χ2v) is 12.5. The molecule has 3 rings (SSSR count). The molecule has 14 heteroatoms. The largest absolute Gasteiger partial charge is 0.444 e. The van der Waals surface area contributed by atoms with Crippen molar-refractivity contribution in [3.05, 3.63) is 40.2 Å². The molecule has 0 saturated carbocycles. The average molecular weight is 628 g/mol. The van der Waals surface area contributed by atoms with Gasteiger partial charge in [-0.2, -0.15) is 0 Å². The van der Waals surface area contributed by atoms with E-state index < -0.39 is 53.2 Å². The van der Waals surface area contributed by atoms with Gasteiger partial charge < -0.3 is 36.2 Å². The van der Waals surface area contributed by atoms with Crippen LogP contribution in [0.5, 0.6) is 0 Å². The van der Waals surface area contributed by atoms with Gasteiger partial charge >= 0.3 is 11.7 Å². The molecule has 0 unspecified atom stereocenters. The molecule has 2 heterocycles. The highest BCUT2D eigenvalue weighted by Crippen LogP contribution is 2.23. The molecule has 1 aliphatic heterocycles. The Hall–Kier alpha value is -4.62. The predicted octanol–water partition coefficient (Wildman–Crippen LogP) is 2.12. The summed E-state index contributed by atoms with van der Waals surface area (Å²) in [4.78, 5) is 70.2. The minimum absolute atomic E-state index is 0.0779. The molecule has 2 aromatic rings. The van der Waals surface area contributed by atoms with Crippen LogP contribution in [0.2, 0.25) is 0 Å². The lowest BCUT2D eigenvalue weighted by atomic mass is 10.0. The third-order valence-corrected chi connectivity index (χ3v) is 7.24. The topological polar surface area (TPSA) is 211 Å². The number of carbonyl (C=O) groups excluding carboxylic acids is 4. The van der Waals surface area contributed by atoms with E-state index in [2.05, 4.69) is 20.9 Å². The Morgan fingerprint density at radius 3 is 2.51 bits per heavy atom. The zero-order valence-corrected chi connectivity index (χ0v) is 26.8. The summed E-state index contributed by atoms with van der Waals surface area (Å²) in [5.74, 6) is -2.03. The van der Waals surface area contributed by atoms with Gasteiger partial charge in [0, 0.05) is 36.3 Å². The number of ether oxygens (including phenoxy) is 1. The standard InChI is InChI=1S/C31H45N7O7/c1-17(2)25(36-30(43)45-31(4,5)6)28(42)38-14-8-10-22(38)27(41)37-26(40)21(9-7-13-34-29(32)33)35-19-11-12-20-18(3)15-24(39)44-23(20)16-19/h11-12,15-17,21-22,25,35H,7-10,13-14H2,1-6H3,(H,36,43)(H4,32,33,34)(H,37,40,41)/t21-,22-,25-/m0/s1. The maximum absolute atomic E-state index is 13.6. The molecule has 3 atom stereocenters. The van der Waals surface area contributed by atoms with Crippen molar-refractivity contribution >= 4 is 46.4 Å². The Morgan fingerprint density at radius 1 is 1.16 bits per heavy atom. The molecule has 1 aromatic heterocycles. The van der Waals surface area contributed by atoms with E-state index in [0.29, 0.717) is 37.1 Å². The molecule has 1 saturated heterocycles. The van der Waals surface area contributed by atoms with Gasteiger partial charge in [0.15, 0.2) is 5.96 Å². The quantitative estimate of drug-likeness (QED) is 0.106. The van der Waals surface area contributed by atoms with Crippen LogP contribution in [0.4, 0.5) is 10.5 Å². The summed E-state index contributed by atoms with van der Waals surface area (Å²) in [6.07, 6.45) is 0.848. The van der Waals surface area contributed by atoms with Gasteiger partial charge in [-0.05, 0) is 77.0 Å². The van der Waals surface area contributed by atoms with Gasteiger partial charge in [-0.1, -0.05) is 13.8 Å². The summed E-state index contributed by atoms with van der Waals surface area (Å²) in [7, 11) is 0. The molecule has 1 fully saturated rings. The first-order valence-corrected chi connectivity index (χ1v) is 15.1. The molecular weight excluding hydrogens is 582 g/mol. The lowest BCUT2D eigenvalue weighted by molar-refractivity contribution is -0.142. The maximum Gasteiger partial charge on any atom is 0.408 e. The minimum atomic E-state index is -0.925. The van der Waals surface area contributed by atoms with Crippen LogP contribution < -0.4 is 33.0 Å². The van der Waals surface area contributed by atoms with Crippen molar-refractivity contribution in [2.24, 2.45) is 22.4 Å². The number of anilines is 1. The second-order valence-electron chi connectivity index (χ2n) is 12.5. The van der Waals surface area contributed by atoms with E-state index in [9.17, 15) is 24.0 Å². The minimum Gasteiger partial charge on any atom is -0.444 e. The Bertz CT molecular complexity index is 1490. The molecule has 0 bridgehead atoms. The number of carbonyl (C=O) groups is 4. The summed E-state index contributed by atoms with van der Waals surface area (Å²) in [6.45, 7) is 11.1. The number of nitrogens with two attached hydrogens (primary N) is 2. The third-order valence-electron chi connectivity index (χ3n) is 7.24. The van der Waals surface area contributed by atoms with Gasteiger partial charge in [-0.3, -0.25) is 24.7 Å². The van der Waals surface area contributed by atoms with Gasteiger partial charge in [0.25, 0.3) is 0 Å². The van der Waals surface area contributed by atoms with E-state index in [1.807, 2.05) is 0 Å². The van der Waals surface area contributed by atoms with Crippen LogP contribution in [0.3, 0.4) is 0 Å². The fourth-order valence-corrected chi connectivity index (χ4v) is 5.11. The molecule has 0 radical (unpaired) electrons. The smallest absolute Gasteiger partial charge is 0.408 e. The normalized spacial score (nSPS) is 16.2. The fraction of sp³-hybridized carbons (Fsp3) is 0.548. The van der Waals surface area contributed by atoms with E-state index in [-0.39, 0.29) is 24.8 Å². The van der Waals surface area contributed by atoms with Crippen molar-refractivity contribution in [2.75, 3.05) is 18.4 Å². The van der Waals surface area contributed by atoms with Crippen LogP contribution in [-0.4, -0.2) is 71.5 Å². The first-order valence-electron chi connectivity index (χ1n) is 15.1. The molecule has 14 nitrogen and oxygen atoms in total. The van der Waals surface area contributed by atoms with Crippen LogP contribution in [0, 0.1) is 12.8 Å².